The van der Waals surface area contributed by atoms with E-state index < -0.39 is 12.0 Å². The molecule has 4 aromatic carbocycles. The maximum Gasteiger partial charge on any atom is 0.338 e. The first-order valence-electron chi connectivity index (χ1n) is 15.3. The van der Waals surface area contributed by atoms with Gasteiger partial charge in [-0.25, -0.2) is 9.79 Å². The molecule has 7 nitrogen and oxygen atoms in total. The van der Waals surface area contributed by atoms with E-state index in [1.807, 2.05) is 85.8 Å². The lowest BCUT2D eigenvalue weighted by molar-refractivity contribution is -0.138. The first kappa shape index (κ1) is 35.6. The monoisotopic (exact) mass is 936 g/mol. The van der Waals surface area contributed by atoms with Gasteiger partial charge in [0.15, 0.2) is 4.80 Å². The Morgan fingerprint density at radius 2 is 1.65 bits per heavy atom. The van der Waals surface area contributed by atoms with Gasteiger partial charge in [-0.15, -0.1) is 0 Å². The number of nitrogens with zero attached hydrogens (tertiary/aromatic N) is 2. The zero-order valence-corrected chi connectivity index (χ0v) is 32.9. The van der Waals surface area contributed by atoms with Crippen molar-refractivity contribution in [3.05, 3.63) is 150 Å². The van der Waals surface area contributed by atoms with Gasteiger partial charge in [0.05, 0.1) is 42.2 Å². The minimum absolute atomic E-state index is 0.175. The van der Waals surface area contributed by atoms with Crippen molar-refractivity contribution in [2.45, 2.75) is 26.5 Å². The quantitative estimate of drug-likeness (QED) is 0.104. The van der Waals surface area contributed by atoms with Gasteiger partial charge in [0.1, 0.15) is 18.1 Å². The molecule has 0 unspecified atom stereocenters. The van der Waals surface area contributed by atoms with Crippen LogP contribution in [0.25, 0.3) is 11.8 Å². The van der Waals surface area contributed by atoms with Crippen LogP contribution in [0.2, 0.25) is 10.0 Å². The summed E-state index contributed by atoms with van der Waals surface area (Å²) < 4.78 is 21.2. The van der Waals surface area contributed by atoms with Crippen LogP contribution in [0.15, 0.2) is 100 Å². The maximum absolute atomic E-state index is 14.3. The van der Waals surface area contributed by atoms with Crippen molar-refractivity contribution >= 4 is 97.5 Å². The molecule has 1 aromatic heterocycles. The summed E-state index contributed by atoms with van der Waals surface area (Å²) in [5.41, 5.74) is 3.62. The van der Waals surface area contributed by atoms with Crippen LogP contribution < -0.4 is 24.4 Å². The fourth-order valence-electron chi connectivity index (χ4n) is 5.41. The van der Waals surface area contributed by atoms with Gasteiger partial charge in [-0.3, -0.25) is 9.36 Å². The van der Waals surface area contributed by atoms with Gasteiger partial charge >= 0.3 is 5.97 Å². The number of thiazole rings is 1. The molecule has 5 aromatic rings. The molecule has 0 saturated carbocycles. The molecule has 1 aliphatic rings. The molecule has 250 valence electrons. The van der Waals surface area contributed by atoms with E-state index in [1.165, 1.54) is 11.3 Å². The summed E-state index contributed by atoms with van der Waals surface area (Å²) in [7, 11) is 0. The number of esters is 1. The molecule has 1 atom stereocenters. The highest BCUT2D eigenvalue weighted by molar-refractivity contribution is 14.1. The largest absolute Gasteiger partial charge is 0.494 e. The minimum atomic E-state index is -0.779. The fraction of sp³-hybridized carbons (Fsp3) is 0.162. The van der Waals surface area contributed by atoms with Crippen LogP contribution in [0, 0.1) is 7.14 Å². The van der Waals surface area contributed by atoms with Gasteiger partial charge in [0.2, 0.25) is 0 Å². The second kappa shape index (κ2) is 15.8. The highest BCUT2D eigenvalue weighted by Gasteiger charge is 2.35. The molecule has 2 heterocycles. The van der Waals surface area contributed by atoms with E-state index in [2.05, 4.69) is 45.2 Å². The van der Waals surface area contributed by atoms with Crippen LogP contribution in [0.3, 0.4) is 0 Å². The first-order valence-corrected chi connectivity index (χ1v) is 19.0. The topological polar surface area (TPSA) is 79.1 Å². The van der Waals surface area contributed by atoms with Gasteiger partial charge < -0.3 is 14.2 Å². The normalized spacial score (nSPS) is 14.3. The van der Waals surface area contributed by atoms with E-state index in [4.69, 9.17) is 42.4 Å². The Balaban J connectivity index is 1.46. The number of carbonyl (C=O) groups is 1. The molecule has 0 bridgehead atoms. The lowest BCUT2D eigenvalue weighted by Gasteiger charge is -2.26. The third-order valence-electron chi connectivity index (χ3n) is 7.59. The van der Waals surface area contributed by atoms with Crippen LogP contribution in [0.1, 0.15) is 42.1 Å². The Hall–Kier alpha value is -3.17. The van der Waals surface area contributed by atoms with E-state index in [1.54, 1.807) is 23.6 Å². The molecule has 12 heteroatoms. The summed E-state index contributed by atoms with van der Waals surface area (Å²) in [5, 5.41) is 1.10. The number of hydrogen-bond donors (Lipinski definition) is 0. The van der Waals surface area contributed by atoms with E-state index >= 15 is 0 Å². The minimum Gasteiger partial charge on any atom is -0.494 e. The van der Waals surface area contributed by atoms with Gasteiger partial charge in [-0.2, -0.15) is 0 Å². The number of rotatable bonds is 10. The van der Waals surface area contributed by atoms with E-state index in [9.17, 15) is 9.59 Å². The summed E-state index contributed by atoms with van der Waals surface area (Å²) >= 11 is 18.1. The van der Waals surface area contributed by atoms with Crippen molar-refractivity contribution in [3.8, 4) is 11.5 Å². The van der Waals surface area contributed by atoms with E-state index in [-0.39, 0.29) is 18.8 Å². The van der Waals surface area contributed by atoms with Crippen LogP contribution >= 0.6 is 79.7 Å². The first-order chi connectivity index (χ1) is 23.7. The Morgan fingerprint density at radius 1 is 0.939 bits per heavy atom. The van der Waals surface area contributed by atoms with E-state index in [0.29, 0.717) is 48.8 Å². The number of fused-ring (bicyclic) bond motifs is 1. The molecule has 0 saturated heterocycles. The molecular weight excluding hydrogens is 909 g/mol. The number of benzene rings is 4. The lowest BCUT2D eigenvalue weighted by atomic mass is 9.93. The molecule has 0 aliphatic carbocycles. The van der Waals surface area contributed by atoms with Crippen LogP contribution in [0.5, 0.6) is 11.5 Å². The number of halogens is 4. The van der Waals surface area contributed by atoms with E-state index in [0.717, 1.165) is 29.4 Å². The van der Waals surface area contributed by atoms with Gasteiger partial charge in [0, 0.05) is 21.2 Å². The summed E-state index contributed by atoms with van der Waals surface area (Å²) in [6.45, 7) is 4.64. The van der Waals surface area contributed by atoms with Crippen molar-refractivity contribution in [1.82, 2.24) is 4.57 Å². The van der Waals surface area contributed by atoms with Gasteiger partial charge in [-0.1, -0.05) is 83.1 Å². The van der Waals surface area contributed by atoms with Crippen molar-refractivity contribution in [1.29, 1.82) is 0 Å². The summed E-state index contributed by atoms with van der Waals surface area (Å²) in [4.78, 5) is 33.5. The Bertz CT molecular complexity index is 2230. The maximum atomic E-state index is 14.3. The van der Waals surface area contributed by atoms with Crippen molar-refractivity contribution in [3.63, 3.8) is 0 Å². The third kappa shape index (κ3) is 7.78. The average Bonchev–Trinajstić information content (AvgIpc) is 3.39. The second-order valence-corrected chi connectivity index (χ2v) is 14.9. The predicted molar refractivity (Wildman–Crippen MR) is 211 cm³/mol. The molecule has 0 fully saturated rings. The zero-order chi connectivity index (χ0) is 34.7. The Kier molecular flexibility index (Phi) is 11.5. The van der Waals surface area contributed by atoms with Gasteiger partial charge in [-0.05, 0) is 113 Å². The SMILES string of the molecule is CCOC(=O)C1=C(c2ccccc2)N=c2s/c(=C\c3cc(I)c(OCc4ccc(Cl)cc4Cl)c(I)c3)c(=O)n2[C@@H]1c1ccc(OCC)cc1. The molecule has 1 aliphatic heterocycles. The zero-order valence-electron chi connectivity index (χ0n) is 26.2. The average molecular weight is 937 g/mol. The third-order valence-corrected chi connectivity index (χ3v) is 10.8. The number of hydrogen-bond acceptors (Lipinski definition) is 7. The smallest absolute Gasteiger partial charge is 0.338 e. The molecule has 6 rings (SSSR count). The Labute approximate surface area is 324 Å². The highest BCUT2D eigenvalue weighted by Crippen LogP contribution is 2.36. The van der Waals surface area contributed by atoms with Crippen molar-refractivity contribution < 1.29 is 19.0 Å². The number of aromatic nitrogens is 1. The number of carbonyl (C=O) groups excluding carboxylic acids is 1. The van der Waals surface area contributed by atoms with Crippen LogP contribution in [-0.4, -0.2) is 23.8 Å². The summed E-state index contributed by atoms with van der Waals surface area (Å²) in [5.74, 6) is 0.877. The van der Waals surface area contributed by atoms with Crippen LogP contribution in [-0.2, 0) is 16.1 Å². The Morgan fingerprint density at radius 3 is 2.31 bits per heavy atom. The van der Waals surface area contributed by atoms with Crippen molar-refractivity contribution in [2.75, 3.05) is 13.2 Å². The number of ether oxygens (including phenoxy) is 3. The molecule has 0 radical (unpaired) electrons. The molecule has 0 N–H and O–H groups in total. The molecule has 49 heavy (non-hydrogen) atoms. The molecule has 0 spiro atoms. The fourth-order valence-corrected chi connectivity index (χ4v) is 9.00. The summed E-state index contributed by atoms with van der Waals surface area (Å²) in [6, 6.07) is 25.4. The predicted octanol–water partition coefficient (Wildman–Crippen LogP) is 8.43. The van der Waals surface area contributed by atoms with Crippen LogP contribution in [0.4, 0.5) is 0 Å². The lowest BCUT2D eigenvalue weighted by Crippen LogP contribution is -2.40. The highest BCUT2D eigenvalue weighted by atomic mass is 127. The van der Waals surface area contributed by atoms with Crippen molar-refractivity contribution in [2.24, 2.45) is 4.99 Å². The second-order valence-electron chi connectivity index (χ2n) is 10.8. The standard InChI is InChI=1S/C37H28Cl2I2N2O5S/c1-3-46-26-14-11-23(12-15-26)33-31(36(45)47-4-2)32(22-8-6-5-7-9-22)42-37-43(33)35(44)30(49-37)18-21-16-28(40)34(29(41)17-21)48-20-24-10-13-25(38)19-27(24)39/h5-19,33H,3-4,20H2,1-2H3/b30-18-/t33-/m1/s1. The summed E-state index contributed by atoms with van der Waals surface area (Å²) in [6.07, 6.45) is 1.85. The molecule has 0 amide bonds. The van der Waals surface area contributed by atoms with Gasteiger partial charge in [0.25, 0.3) is 5.56 Å². The molecular formula is C37H28Cl2I2N2O5S.